The first-order chi connectivity index (χ1) is 17.5. The molecule has 1 aromatic carbocycles. The normalized spacial score (nSPS) is 18.6. The number of carbonyl (C=O) groups is 3. The molecule has 1 spiro atoms. The largest absolute Gasteiger partial charge is 0.439 e. The average Bonchev–Trinajstić information content (AvgIpc) is 3.34. The second-order valence-electron chi connectivity index (χ2n) is 8.96. The lowest BCUT2D eigenvalue weighted by Crippen LogP contribution is -2.71. The molecule has 3 aliphatic rings. The molecule has 2 aromatic heterocycles. The van der Waals surface area contributed by atoms with Crippen LogP contribution in [-0.4, -0.2) is 51.7 Å². The van der Waals surface area contributed by atoms with Gasteiger partial charge in [0.25, 0.3) is 11.8 Å². The maximum atomic E-state index is 12.7. The SMILES string of the molecule is O=C1NC(=O)C2(CCCN2c2ccc(Oc3ccc4c(c3)CCCN4c3ccnnc3)nc2)C(=O)N1. The van der Waals surface area contributed by atoms with Crippen molar-refractivity contribution in [3.05, 3.63) is 60.6 Å². The first kappa shape index (κ1) is 22.0. The van der Waals surface area contributed by atoms with Crippen molar-refractivity contribution >= 4 is 34.9 Å². The Morgan fingerprint density at radius 3 is 2.50 bits per heavy atom. The number of imide groups is 2. The second-order valence-corrected chi connectivity index (χ2v) is 8.96. The molecule has 11 nitrogen and oxygen atoms in total. The van der Waals surface area contributed by atoms with Crippen molar-refractivity contribution in [3.8, 4) is 11.6 Å². The van der Waals surface area contributed by atoms with Gasteiger partial charge in [-0.1, -0.05) is 0 Å². The third-order valence-electron chi connectivity index (χ3n) is 6.89. The summed E-state index contributed by atoms with van der Waals surface area (Å²) >= 11 is 0. The number of aromatic nitrogens is 3. The molecule has 0 unspecified atom stereocenters. The van der Waals surface area contributed by atoms with Crippen molar-refractivity contribution in [1.29, 1.82) is 0 Å². The highest BCUT2D eigenvalue weighted by Crippen LogP contribution is 2.38. The predicted molar refractivity (Wildman–Crippen MR) is 129 cm³/mol. The lowest BCUT2D eigenvalue weighted by Gasteiger charge is -2.38. The van der Waals surface area contributed by atoms with E-state index < -0.39 is 23.4 Å². The summed E-state index contributed by atoms with van der Waals surface area (Å²) in [5, 5.41) is 12.3. The smallest absolute Gasteiger partial charge is 0.328 e. The number of benzene rings is 1. The highest BCUT2D eigenvalue weighted by Gasteiger charge is 2.57. The fraction of sp³-hybridized carbons (Fsp3) is 0.280. The van der Waals surface area contributed by atoms with E-state index in [-0.39, 0.29) is 0 Å². The van der Waals surface area contributed by atoms with E-state index in [1.54, 1.807) is 35.6 Å². The fourth-order valence-electron chi connectivity index (χ4n) is 5.25. The van der Waals surface area contributed by atoms with E-state index in [1.165, 1.54) is 5.56 Å². The second kappa shape index (κ2) is 8.59. The van der Waals surface area contributed by atoms with Crippen molar-refractivity contribution in [1.82, 2.24) is 25.8 Å². The van der Waals surface area contributed by atoms with Crippen LogP contribution in [0.4, 0.5) is 21.9 Å². The number of anilines is 3. The molecule has 0 bridgehead atoms. The van der Waals surface area contributed by atoms with Crippen LogP contribution in [-0.2, 0) is 16.0 Å². The van der Waals surface area contributed by atoms with E-state index in [0.717, 1.165) is 30.8 Å². The number of nitrogens with one attached hydrogen (secondary N) is 2. The molecule has 3 aromatic rings. The number of fused-ring (bicyclic) bond motifs is 1. The van der Waals surface area contributed by atoms with E-state index in [1.807, 2.05) is 24.3 Å². The van der Waals surface area contributed by atoms with E-state index >= 15 is 0 Å². The minimum atomic E-state index is -1.45. The average molecular weight is 486 g/mol. The minimum absolute atomic E-state index is 0.317. The molecule has 5 heterocycles. The summed E-state index contributed by atoms with van der Waals surface area (Å²) in [6.45, 7) is 1.40. The fourth-order valence-corrected chi connectivity index (χ4v) is 5.25. The molecule has 36 heavy (non-hydrogen) atoms. The van der Waals surface area contributed by atoms with Crippen LogP contribution in [0.15, 0.2) is 55.0 Å². The molecule has 0 radical (unpaired) electrons. The number of pyridine rings is 1. The van der Waals surface area contributed by atoms with Crippen LogP contribution >= 0.6 is 0 Å². The zero-order valence-corrected chi connectivity index (χ0v) is 19.3. The van der Waals surface area contributed by atoms with Crippen LogP contribution in [0.1, 0.15) is 24.8 Å². The number of hydrogen-bond acceptors (Lipinski definition) is 9. The monoisotopic (exact) mass is 485 g/mol. The van der Waals surface area contributed by atoms with Crippen molar-refractivity contribution in [3.63, 3.8) is 0 Å². The van der Waals surface area contributed by atoms with Gasteiger partial charge in [0.15, 0.2) is 5.54 Å². The highest BCUT2D eigenvalue weighted by atomic mass is 16.5. The Morgan fingerprint density at radius 1 is 0.889 bits per heavy atom. The van der Waals surface area contributed by atoms with Gasteiger partial charge < -0.3 is 14.5 Å². The van der Waals surface area contributed by atoms with Gasteiger partial charge in [0.2, 0.25) is 5.88 Å². The van der Waals surface area contributed by atoms with Crippen LogP contribution in [0.3, 0.4) is 0 Å². The Morgan fingerprint density at radius 2 is 1.75 bits per heavy atom. The van der Waals surface area contributed by atoms with Crippen LogP contribution in [0.5, 0.6) is 11.6 Å². The summed E-state index contributed by atoms with van der Waals surface area (Å²) in [5.41, 5.74) is 2.45. The molecule has 0 atom stereocenters. The van der Waals surface area contributed by atoms with Gasteiger partial charge in [-0.2, -0.15) is 10.2 Å². The molecular weight excluding hydrogens is 462 g/mol. The van der Waals surface area contributed by atoms with Crippen LogP contribution in [0.25, 0.3) is 0 Å². The van der Waals surface area contributed by atoms with Crippen molar-refractivity contribution in [2.45, 2.75) is 31.2 Å². The summed E-state index contributed by atoms with van der Waals surface area (Å²) < 4.78 is 6.02. The summed E-state index contributed by atoms with van der Waals surface area (Å²) in [6.07, 6.45) is 7.93. The summed E-state index contributed by atoms with van der Waals surface area (Å²) in [7, 11) is 0. The zero-order chi connectivity index (χ0) is 24.7. The van der Waals surface area contributed by atoms with Crippen molar-refractivity contribution < 1.29 is 19.1 Å². The first-order valence-electron chi connectivity index (χ1n) is 11.8. The van der Waals surface area contributed by atoms with Crippen LogP contribution < -0.4 is 25.2 Å². The standard InChI is InChI=1S/C25H23N7O4/c33-22-25(23(34)30-24(35)29-22)9-2-12-32(25)18-4-7-21(26-14-18)36-19-5-6-20-16(13-19)3-1-11-31(20)17-8-10-27-28-15-17/h4-8,10,13-15H,1-3,9,11-12H2,(H2,29,30,33,34,35). The molecule has 4 amide bonds. The van der Waals surface area contributed by atoms with Crippen molar-refractivity contribution in [2.24, 2.45) is 0 Å². The number of nitrogens with zero attached hydrogens (tertiary/aromatic N) is 5. The molecule has 2 saturated heterocycles. The number of ether oxygens (including phenoxy) is 1. The maximum Gasteiger partial charge on any atom is 0.328 e. The number of hydrogen-bond donors (Lipinski definition) is 2. The van der Waals surface area contributed by atoms with Gasteiger partial charge in [-0.15, -0.1) is 0 Å². The first-order valence-corrected chi connectivity index (χ1v) is 11.8. The Labute approximate surface area is 206 Å². The van der Waals surface area contributed by atoms with E-state index in [0.29, 0.717) is 36.7 Å². The van der Waals surface area contributed by atoms with Gasteiger partial charge in [0.1, 0.15) is 5.75 Å². The lowest BCUT2D eigenvalue weighted by molar-refractivity contribution is -0.137. The summed E-state index contributed by atoms with van der Waals surface area (Å²) in [4.78, 5) is 45.2. The number of aryl methyl sites for hydroxylation is 1. The topological polar surface area (TPSA) is 130 Å². The minimum Gasteiger partial charge on any atom is -0.439 e. The van der Waals surface area contributed by atoms with Crippen LogP contribution in [0.2, 0.25) is 0 Å². The Kier molecular flexibility index (Phi) is 5.24. The third kappa shape index (κ3) is 3.60. The molecule has 2 N–H and O–H groups in total. The zero-order valence-electron chi connectivity index (χ0n) is 19.3. The van der Waals surface area contributed by atoms with E-state index in [2.05, 4.69) is 30.7 Å². The van der Waals surface area contributed by atoms with Gasteiger partial charge in [-0.25, -0.2) is 9.78 Å². The number of amides is 4. The summed E-state index contributed by atoms with van der Waals surface area (Å²) in [6, 6.07) is 10.6. The Balaban J connectivity index is 1.21. The van der Waals surface area contributed by atoms with Gasteiger partial charge in [0, 0.05) is 24.8 Å². The number of barbiturate groups is 1. The maximum absolute atomic E-state index is 12.7. The predicted octanol–water partition coefficient (Wildman–Crippen LogP) is 2.45. The Hall–Kier alpha value is -4.54. The van der Waals surface area contributed by atoms with E-state index in [9.17, 15) is 14.4 Å². The summed E-state index contributed by atoms with van der Waals surface area (Å²) in [5.74, 6) is -0.156. The molecule has 0 saturated carbocycles. The Bertz CT molecular complexity index is 1330. The molecule has 6 rings (SSSR count). The number of rotatable bonds is 4. The lowest BCUT2D eigenvalue weighted by atomic mass is 9.92. The molecule has 11 heteroatoms. The molecular formula is C25H23N7O4. The highest BCUT2D eigenvalue weighted by molar-refractivity contribution is 6.24. The molecule has 3 aliphatic heterocycles. The van der Waals surface area contributed by atoms with E-state index in [4.69, 9.17) is 4.74 Å². The van der Waals surface area contributed by atoms with Crippen molar-refractivity contribution in [2.75, 3.05) is 22.9 Å². The molecule has 2 fully saturated rings. The van der Waals surface area contributed by atoms with Crippen LogP contribution in [0, 0.1) is 0 Å². The number of urea groups is 1. The third-order valence-corrected chi connectivity index (χ3v) is 6.89. The quantitative estimate of drug-likeness (QED) is 0.535. The molecule has 182 valence electrons. The van der Waals surface area contributed by atoms with Gasteiger partial charge in [-0.3, -0.25) is 20.2 Å². The van der Waals surface area contributed by atoms with Gasteiger partial charge in [-0.05, 0) is 61.6 Å². The molecule has 0 aliphatic carbocycles. The van der Waals surface area contributed by atoms with Gasteiger partial charge >= 0.3 is 6.03 Å². The number of carbonyl (C=O) groups excluding carboxylic acids is 3. The van der Waals surface area contributed by atoms with Gasteiger partial charge in [0.05, 0.1) is 30.0 Å².